The van der Waals surface area contributed by atoms with Crippen molar-refractivity contribution in [1.29, 1.82) is 0 Å². The third kappa shape index (κ3) is 4.15. The summed E-state index contributed by atoms with van der Waals surface area (Å²) in [5.41, 5.74) is 4.33. The van der Waals surface area contributed by atoms with E-state index in [1.807, 2.05) is 36.4 Å². The van der Waals surface area contributed by atoms with E-state index in [9.17, 15) is 4.79 Å². The molecule has 1 aliphatic carbocycles. The van der Waals surface area contributed by atoms with Gasteiger partial charge in [0.15, 0.2) is 0 Å². The van der Waals surface area contributed by atoms with Crippen molar-refractivity contribution in [3.63, 3.8) is 0 Å². The monoisotopic (exact) mass is 462 g/mol. The first kappa shape index (κ1) is 18.2. The molecular weight excluding hydrogens is 444 g/mol. The molecule has 0 heterocycles. The van der Waals surface area contributed by atoms with Gasteiger partial charge >= 0.3 is 0 Å². The zero-order chi connectivity index (χ0) is 17.8. The average molecular weight is 464 g/mol. The summed E-state index contributed by atoms with van der Waals surface area (Å²) in [6.07, 6.45) is 5.06. The highest BCUT2D eigenvalue weighted by atomic mass is 79.9. The molecule has 0 aliphatic heterocycles. The molecule has 25 heavy (non-hydrogen) atoms. The molecule has 0 aromatic heterocycles. The Hall–Kier alpha value is -1.59. The van der Waals surface area contributed by atoms with E-state index in [0.717, 1.165) is 58.1 Å². The van der Waals surface area contributed by atoms with E-state index in [1.165, 1.54) is 5.70 Å². The second-order valence-corrected chi connectivity index (χ2v) is 7.92. The summed E-state index contributed by atoms with van der Waals surface area (Å²) < 4.78 is 2.07. The van der Waals surface area contributed by atoms with Gasteiger partial charge in [0, 0.05) is 38.8 Å². The van der Waals surface area contributed by atoms with E-state index in [-0.39, 0.29) is 0 Å². The number of hydrogen-bond acceptors (Lipinski definition) is 2. The molecule has 1 amide bonds. The van der Waals surface area contributed by atoms with Crippen LogP contribution < -0.4 is 9.80 Å². The Morgan fingerprint density at radius 3 is 1.80 bits per heavy atom. The third-order valence-corrected chi connectivity index (χ3v) is 5.59. The van der Waals surface area contributed by atoms with Crippen LogP contribution in [0.3, 0.4) is 0 Å². The Kier molecular flexibility index (Phi) is 5.97. The van der Waals surface area contributed by atoms with Gasteiger partial charge in [-0.3, -0.25) is 9.69 Å². The van der Waals surface area contributed by atoms with E-state index >= 15 is 0 Å². The highest BCUT2D eigenvalue weighted by molar-refractivity contribution is 9.10. The molecule has 0 saturated carbocycles. The van der Waals surface area contributed by atoms with Crippen LogP contribution in [-0.2, 0) is 4.79 Å². The van der Waals surface area contributed by atoms with Crippen molar-refractivity contribution in [2.24, 2.45) is 0 Å². The Labute approximate surface area is 165 Å². The number of rotatable bonds is 5. The predicted octanol–water partition coefficient (Wildman–Crippen LogP) is 6.10. The van der Waals surface area contributed by atoms with Gasteiger partial charge in [0.05, 0.1) is 0 Å². The lowest BCUT2D eigenvalue weighted by molar-refractivity contribution is -0.107. The molecule has 2 aromatic rings. The average Bonchev–Trinajstić information content (AvgIpc) is 2.64. The molecule has 2 aromatic carbocycles. The first-order valence-electron chi connectivity index (χ1n) is 8.31. The predicted molar refractivity (Wildman–Crippen MR) is 111 cm³/mol. The van der Waals surface area contributed by atoms with Crippen LogP contribution in [0, 0.1) is 0 Å². The molecule has 5 heteroatoms. The highest BCUT2D eigenvalue weighted by Gasteiger charge is 2.22. The Morgan fingerprint density at radius 2 is 1.28 bits per heavy atom. The van der Waals surface area contributed by atoms with Gasteiger partial charge in [-0.1, -0.05) is 31.9 Å². The number of amides is 1. The molecule has 0 unspecified atom stereocenters. The zero-order valence-corrected chi connectivity index (χ0v) is 17.3. The van der Waals surface area contributed by atoms with Gasteiger partial charge in [0.1, 0.15) is 0 Å². The van der Waals surface area contributed by atoms with Gasteiger partial charge in [0.2, 0.25) is 6.41 Å². The second kappa shape index (κ2) is 8.19. The summed E-state index contributed by atoms with van der Waals surface area (Å²) >= 11 is 6.94. The summed E-state index contributed by atoms with van der Waals surface area (Å²) in [5, 5.41) is 0. The van der Waals surface area contributed by atoms with Gasteiger partial charge in [-0.05, 0) is 74.2 Å². The number of hydrogen-bond donors (Lipinski definition) is 0. The van der Waals surface area contributed by atoms with Gasteiger partial charge in [-0.25, -0.2) is 0 Å². The molecule has 0 atom stereocenters. The van der Waals surface area contributed by atoms with Gasteiger partial charge in [-0.15, -0.1) is 0 Å². The topological polar surface area (TPSA) is 23.6 Å². The van der Waals surface area contributed by atoms with Crippen molar-refractivity contribution in [2.45, 2.75) is 25.7 Å². The SMILES string of the molecule is CN(C1=C(N(C=O)c2ccc(Br)cc2)CCCC1)c1ccc(Br)cc1. The van der Waals surface area contributed by atoms with E-state index in [0.29, 0.717) is 0 Å². The summed E-state index contributed by atoms with van der Waals surface area (Å²) in [7, 11) is 2.08. The maximum absolute atomic E-state index is 11.9. The van der Waals surface area contributed by atoms with Crippen molar-refractivity contribution < 1.29 is 4.79 Å². The molecule has 0 saturated heterocycles. The van der Waals surface area contributed by atoms with Crippen LogP contribution >= 0.6 is 31.9 Å². The normalized spacial score (nSPS) is 14.4. The second-order valence-electron chi connectivity index (χ2n) is 6.09. The zero-order valence-electron chi connectivity index (χ0n) is 14.1. The van der Waals surface area contributed by atoms with Crippen LogP contribution in [0.4, 0.5) is 11.4 Å². The van der Waals surface area contributed by atoms with Crippen molar-refractivity contribution >= 4 is 49.6 Å². The van der Waals surface area contributed by atoms with Gasteiger partial charge < -0.3 is 4.90 Å². The van der Waals surface area contributed by atoms with Gasteiger partial charge in [-0.2, -0.15) is 0 Å². The number of halogens is 2. The van der Waals surface area contributed by atoms with Crippen LogP contribution in [-0.4, -0.2) is 13.5 Å². The van der Waals surface area contributed by atoms with E-state index in [4.69, 9.17) is 0 Å². The molecule has 0 radical (unpaired) electrons. The van der Waals surface area contributed by atoms with Crippen LogP contribution in [0.1, 0.15) is 25.7 Å². The summed E-state index contributed by atoms with van der Waals surface area (Å²) in [4.78, 5) is 15.9. The standard InChI is InChI=1S/C20H20Br2N2O/c1-23(17-10-6-15(21)7-11-17)19-4-2-3-5-20(19)24(14-25)18-12-8-16(22)9-13-18/h6-14H,2-5H2,1H3. The molecule has 0 spiro atoms. The van der Waals surface area contributed by atoms with Crippen LogP contribution in [0.15, 0.2) is 68.9 Å². The fourth-order valence-corrected chi connectivity index (χ4v) is 3.73. The van der Waals surface area contributed by atoms with Crippen molar-refractivity contribution in [3.8, 4) is 0 Å². The first-order chi connectivity index (χ1) is 12.1. The molecule has 130 valence electrons. The van der Waals surface area contributed by atoms with Crippen LogP contribution in [0.2, 0.25) is 0 Å². The number of carbonyl (C=O) groups is 1. The molecule has 0 N–H and O–H groups in total. The number of carbonyl (C=O) groups excluding carboxylic acids is 1. The maximum atomic E-state index is 11.9. The van der Waals surface area contributed by atoms with Crippen LogP contribution in [0.25, 0.3) is 0 Å². The lowest BCUT2D eigenvalue weighted by Gasteiger charge is -2.33. The highest BCUT2D eigenvalue weighted by Crippen LogP contribution is 2.34. The fraction of sp³-hybridized carbons (Fsp3) is 0.250. The van der Waals surface area contributed by atoms with E-state index in [1.54, 1.807) is 4.90 Å². The molecule has 0 fully saturated rings. The number of benzene rings is 2. The van der Waals surface area contributed by atoms with E-state index in [2.05, 4.69) is 55.9 Å². The minimum atomic E-state index is 0.900. The lowest BCUT2D eigenvalue weighted by Crippen LogP contribution is -2.29. The van der Waals surface area contributed by atoms with Crippen molar-refractivity contribution in [1.82, 2.24) is 0 Å². The summed E-state index contributed by atoms with van der Waals surface area (Å²) in [6, 6.07) is 16.1. The number of anilines is 2. The fourth-order valence-electron chi connectivity index (χ4n) is 3.20. The van der Waals surface area contributed by atoms with E-state index < -0.39 is 0 Å². The summed E-state index contributed by atoms with van der Waals surface area (Å²) in [6.45, 7) is 0. The van der Waals surface area contributed by atoms with Crippen molar-refractivity contribution in [2.75, 3.05) is 16.8 Å². The molecule has 0 bridgehead atoms. The molecule has 1 aliphatic rings. The third-order valence-electron chi connectivity index (χ3n) is 4.53. The summed E-state index contributed by atoms with van der Waals surface area (Å²) in [5.74, 6) is 0. The smallest absolute Gasteiger partial charge is 0.218 e. The number of allylic oxidation sites excluding steroid dienone is 2. The first-order valence-corrected chi connectivity index (χ1v) is 9.90. The molecule has 3 rings (SSSR count). The Bertz CT molecular complexity index is 769. The lowest BCUT2D eigenvalue weighted by atomic mass is 9.98. The minimum Gasteiger partial charge on any atom is -0.347 e. The quantitative estimate of drug-likeness (QED) is 0.500. The maximum Gasteiger partial charge on any atom is 0.218 e. The van der Waals surface area contributed by atoms with Crippen molar-refractivity contribution in [3.05, 3.63) is 68.9 Å². The molecular formula is C20H20Br2N2O. The Balaban J connectivity index is 2.00. The minimum absolute atomic E-state index is 0.900. The van der Waals surface area contributed by atoms with Crippen LogP contribution in [0.5, 0.6) is 0 Å². The van der Waals surface area contributed by atoms with Gasteiger partial charge in [0.25, 0.3) is 0 Å². The molecule has 3 nitrogen and oxygen atoms in total. The largest absolute Gasteiger partial charge is 0.347 e. The Morgan fingerprint density at radius 1 is 0.800 bits per heavy atom. The number of nitrogens with zero attached hydrogens (tertiary/aromatic N) is 2.